The minimum Gasteiger partial charge on any atom is -0.350 e. The minimum atomic E-state index is -0.240. The first-order valence-electron chi connectivity index (χ1n) is 7.84. The number of aryl methyl sites for hydroxylation is 2. The maximum atomic E-state index is 12.0. The maximum Gasteiger partial charge on any atom is 0.266 e. The van der Waals surface area contributed by atoms with E-state index in [-0.39, 0.29) is 24.6 Å². The van der Waals surface area contributed by atoms with E-state index in [4.69, 9.17) is 0 Å². The SMILES string of the molecule is Cc1cc(C)n(-c2ccc(=O)n(CCNC(=O)c3cccnc3)n2)n1. The normalized spacial score (nSPS) is 10.6. The monoisotopic (exact) mass is 338 g/mol. The summed E-state index contributed by atoms with van der Waals surface area (Å²) in [7, 11) is 0. The molecule has 0 spiro atoms. The molecule has 8 heteroatoms. The highest BCUT2D eigenvalue weighted by atomic mass is 16.2. The van der Waals surface area contributed by atoms with E-state index in [1.165, 1.54) is 16.9 Å². The van der Waals surface area contributed by atoms with Crippen LogP contribution in [0.4, 0.5) is 0 Å². The summed E-state index contributed by atoms with van der Waals surface area (Å²) in [5.74, 6) is 0.319. The standard InChI is InChI=1S/C17H18N6O2/c1-12-10-13(2)23(20-12)15-5-6-16(24)22(21-15)9-8-19-17(25)14-4-3-7-18-11-14/h3-7,10-11H,8-9H2,1-2H3,(H,19,25). The average molecular weight is 338 g/mol. The minimum absolute atomic E-state index is 0.235. The van der Waals surface area contributed by atoms with Gasteiger partial charge in [0.2, 0.25) is 0 Å². The number of hydrogen-bond donors (Lipinski definition) is 1. The van der Waals surface area contributed by atoms with Gasteiger partial charge in [-0.15, -0.1) is 5.10 Å². The zero-order valence-corrected chi connectivity index (χ0v) is 14.0. The Balaban J connectivity index is 1.70. The third-order valence-electron chi connectivity index (χ3n) is 3.61. The van der Waals surface area contributed by atoms with Crippen LogP contribution in [0.25, 0.3) is 5.82 Å². The molecule has 128 valence electrons. The lowest BCUT2D eigenvalue weighted by Crippen LogP contribution is -2.32. The van der Waals surface area contributed by atoms with E-state index in [1.807, 2.05) is 19.9 Å². The molecular formula is C17H18N6O2. The summed E-state index contributed by atoms with van der Waals surface area (Å²) in [5, 5.41) is 11.4. The molecule has 3 aromatic heterocycles. The van der Waals surface area contributed by atoms with Gasteiger partial charge in [-0.3, -0.25) is 14.6 Å². The molecule has 0 aromatic carbocycles. The predicted molar refractivity (Wildman–Crippen MR) is 91.7 cm³/mol. The molecule has 25 heavy (non-hydrogen) atoms. The second-order valence-corrected chi connectivity index (χ2v) is 5.59. The van der Waals surface area contributed by atoms with Gasteiger partial charge in [-0.25, -0.2) is 9.36 Å². The van der Waals surface area contributed by atoms with E-state index in [0.29, 0.717) is 11.4 Å². The van der Waals surface area contributed by atoms with Crippen LogP contribution in [0.15, 0.2) is 47.5 Å². The molecule has 0 aliphatic rings. The summed E-state index contributed by atoms with van der Waals surface area (Å²) < 4.78 is 2.99. The quantitative estimate of drug-likeness (QED) is 0.745. The maximum absolute atomic E-state index is 12.0. The topological polar surface area (TPSA) is 94.7 Å². The Bertz CT molecular complexity index is 945. The lowest BCUT2D eigenvalue weighted by Gasteiger charge is -2.09. The van der Waals surface area contributed by atoms with Gasteiger partial charge in [-0.05, 0) is 38.1 Å². The van der Waals surface area contributed by atoms with Crippen molar-refractivity contribution in [3.63, 3.8) is 0 Å². The van der Waals surface area contributed by atoms with Gasteiger partial charge in [0, 0.05) is 30.7 Å². The van der Waals surface area contributed by atoms with E-state index < -0.39 is 0 Å². The molecule has 0 atom stereocenters. The second kappa shape index (κ2) is 7.08. The first kappa shape index (κ1) is 16.6. The number of amides is 1. The number of aromatic nitrogens is 5. The Morgan fingerprint density at radius 2 is 2.04 bits per heavy atom. The van der Waals surface area contributed by atoms with Crippen LogP contribution in [-0.4, -0.2) is 37.0 Å². The van der Waals surface area contributed by atoms with Gasteiger partial charge in [0.25, 0.3) is 11.5 Å². The fraction of sp³-hybridized carbons (Fsp3) is 0.235. The molecule has 0 saturated carbocycles. The van der Waals surface area contributed by atoms with Gasteiger partial charge in [-0.1, -0.05) is 0 Å². The molecule has 0 aliphatic carbocycles. The Labute approximate surface area is 144 Å². The smallest absolute Gasteiger partial charge is 0.266 e. The summed E-state index contributed by atoms with van der Waals surface area (Å²) in [4.78, 5) is 27.9. The highest BCUT2D eigenvalue weighted by molar-refractivity contribution is 5.93. The van der Waals surface area contributed by atoms with Crippen molar-refractivity contribution in [2.75, 3.05) is 6.54 Å². The Morgan fingerprint density at radius 3 is 2.72 bits per heavy atom. The van der Waals surface area contributed by atoms with Crippen LogP contribution in [0, 0.1) is 13.8 Å². The first-order valence-corrected chi connectivity index (χ1v) is 7.84. The Hall–Kier alpha value is -3.29. The predicted octanol–water partition coefficient (Wildman–Crippen LogP) is 0.871. The molecule has 8 nitrogen and oxygen atoms in total. The largest absolute Gasteiger partial charge is 0.350 e. The van der Waals surface area contributed by atoms with Crippen molar-refractivity contribution in [3.8, 4) is 5.82 Å². The van der Waals surface area contributed by atoms with E-state index >= 15 is 0 Å². The van der Waals surface area contributed by atoms with Crippen molar-refractivity contribution < 1.29 is 4.79 Å². The molecule has 3 aromatic rings. The van der Waals surface area contributed by atoms with Crippen LogP contribution >= 0.6 is 0 Å². The third kappa shape index (κ3) is 3.79. The molecule has 1 amide bonds. The van der Waals surface area contributed by atoms with Gasteiger partial charge < -0.3 is 5.32 Å². The second-order valence-electron chi connectivity index (χ2n) is 5.59. The van der Waals surface area contributed by atoms with E-state index in [9.17, 15) is 9.59 Å². The van der Waals surface area contributed by atoms with Gasteiger partial charge in [0.15, 0.2) is 5.82 Å². The number of hydrogen-bond acceptors (Lipinski definition) is 5. The fourth-order valence-electron chi connectivity index (χ4n) is 2.45. The molecule has 0 bridgehead atoms. The zero-order valence-electron chi connectivity index (χ0n) is 14.0. The van der Waals surface area contributed by atoms with Crippen LogP contribution in [-0.2, 0) is 6.54 Å². The summed E-state index contributed by atoms with van der Waals surface area (Å²) in [5.41, 5.74) is 2.04. The summed E-state index contributed by atoms with van der Waals surface area (Å²) >= 11 is 0. The molecule has 0 unspecified atom stereocenters. The Kier molecular flexibility index (Phi) is 4.69. The number of nitrogens with zero attached hydrogens (tertiary/aromatic N) is 5. The highest BCUT2D eigenvalue weighted by Crippen LogP contribution is 2.07. The van der Waals surface area contributed by atoms with Gasteiger partial charge in [0.05, 0.1) is 17.8 Å². The summed E-state index contributed by atoms with van der Waals surface area (Å²) in [6, 6.07) is 8.38. The van der Waals surface area contributed by atoms with E-state index in [0.717, 1.165) is 11.4 Å². The molecule has 1 N–H and O–H groups in total. The number of carbonyl (C=O) groups excluding carboxylic acids is 1. The van der Waals surface area contributed by atoms with E-state index in [1.54, 1.807) is 29.1 Å². The highest BCUT2D eigenvalue weighted by Gasteiger charge is 2.08. The van der Waals surface area contributed by atoms with Crippen molar-refractivity contribution in [1.29, 1.82) is 0 Å². The molecule has 0 saturated heterocycles. The summed E-state index contributed by atoms with van der Waals surface area (Å²) in [6.45, 7) is 4.36. The van der Waals surface area contributed by atoms with E-state index in [2.05, 4.69) is 20.5 Å². The molecule has 0 radical (unpaired) electrons. The number of pyridine rings is 1. The lowest BCUT2D eigenvalue weighted by atomic mass is 10.3. The first-order chi connectivity index (χ1) is 12.0. The van der Waals surface area contributed by atoms with Crippen LogP contribution in [0.3, 0.4) is 0 Å². The van der Waals surface area contributed by atoms with Crippen LogP contribution in [0.2, 0.25) is 0 Å². The molecule has 0 fully saturated rings. The zero-order chi connectivity index (χ0) is 17.8. The summed E-state index contributed by atoms with van der Waals surface area (Å²) in [6.07, 6.45) is 3.09. The number of rotatable bonds is 5. The van der Waals surface area contributed by atoms with Crippen molar-refractivity contribution in [2.24, 2.45) is 0 Å². The van der Waals surface area contributed by atoms with Gasteiger partial charge >= 0.3 is 0 Å². The van der Waals surface area contributed by atoms with Crippen molar-refractivity contribution >= 4 is 5.91 Å². The molecule has 0 aliphatic heterocycles. The third-order valence-corrected chi connectivity index (χ3v) is 3.61. The fourth-order valence-corrected chi connectivity index (χ4v) is 2.45. The Morgan fingerprint density at radius 1 is 1.20 bits per heavy atom. The van der Waals surface area contributed by atoms with Crippen molar-refractivity contribution in [2.45, 2.75) is 20.4 Å². The van der Waals surface area contributed by atoms with Crippen LogP contribution in [0.5, 0.6) is 0 Å². The van der Waals surface area contributed by atoms with Crippen molar-refractivity contribution in [3.05, 3.63) is 70.0 Å². The lowest BCUT2D eigenvalue weighted by molar-refractivity contribution is 0.0951. The van der Waals surface area contributed by atoms with Gasteiger partial charge in [-0.2, -0.15) is 5.10 Å². The van der Waals surface area contributed by atoms with Crippen LogP contribution in [0.1, 0.15) is 21.7 Å². The van der Waals surface area contributed by atoms with Gasteiger partial charge in [0.1, 0.15) is 0 Å². The van der Waals surface area contributed by atoms with Crippen molar-refractivity contribution in [1.82, 2.24) is 29.9 Å². The molecule has 3 heterocycles. The van der Waals surface area contributed by atoms with Crippen LogP contribution < -0.4 is 10.9 Å². The molecular weight excluding hydrogens is 320 g/mol. The number of nitrogens with one attached hydrogen (secondary N) is 1. The number of carbonyl (C=O) groups is 1. The molecule has 3 rings (SSSR count). The average Bonchev–Trinajstić information content (AvgIpc) is 2.95.